The van der Waals surface area contributed by atoms with Gasteiger partial charge in [-0.05, 0) is 50.2 Å². The first-order valence-corrected chi connectivity index (χ1v) is 12.5. The van der Waals surface area contributed by atoms with Crippen LogP contribution in [0.15, 0.2) is 34.2 Å². The quantitative estimate of drug-likeness (QED) is 0.390. The van der Waals surface area contributed by atoms with Crippen molar-refractivity contribution in [3.05, 3.63) is 29.8 Å². The Morgan fingerprint density at radius 3 is 2.71 bits per heavy atom. The molecule has 0 aromatic heterocycles. The fraction of sp³-hybridized carbons (Fsp3) is 0.591. The molecule has 1 heterocycles. The minimum absolute atomic E-state index is 0.114. The van der Waals surface area contributed by atoms with Gasteiger partial charge in [-0.1, -0.05) is 25.5 Å². The summed E-state index contributed by atoms with van der Waals surface area (Å²) in [5.41, 5.74) is 0.592. The molecule has 0 radical (unpaired) electrons. The normalized spacial score (nSPS) is 17.8. The molecule has 1 aliphatic heterocycles. The van der Waals surface area contributed by atoms with Gasteiger partial charge in [0.25, 0.3) is 15.9 Å². The molecule has 1 aromatic carbocycles. The smallest absolute Gasteiger partial charge is 0.306 e. The molecule has 0 spiro atoms. The standard InChI is InChI=1S/C22H31N3O5S/c1-2-14-25(15-17-11-12-17)20(26)16-30-21(27)10-4-3-7-13-23-22-18-8-5-6-9-19(18)31(28,29)24-22/h5-6,8-9,17H,2-4,7,10-16H2,1H3,(H,23,24). The van der Waals surface area contributed by atoms with Crippen LogP contribution in [0.3, 0.4) is 0 Å². The molecule has 3 rings (SSSR count). The van der Waals surface area contributed by atoms with Crippen LogP contribution in [0.1, 0.15) is 57.4 Å². The number of amides is 1. The number of esters is 1. The lowest BCUT2D eigenvalue weighted by Gasteiger charge is -2.21. The Balaban J connectivity index is 1.32. The number of ether oxygens (including phenoxy) is 1. The lowest BCUT2D eigenvalue weighted by molar-refractivity contribution is -0.152. The second-order valence-electron chi connectivity index (χ2n) is 8.09. The molecule has 0 atom stereocenters. The third-order valence-corrected chi connectivity index (χ3v) is 6.75. The van der Waals surface area contributed by atoms with E-state index in [1.807, 2.05) is 6.92 Å². The number of amidine groups is 1. The summed E-state index contributed by atoms with van der Waals surface area (Å²) in [4.78, 5) is 30.6. The zero-order chi connectivity index (χ0) is 22.3. The van der Waals surface area contributed by atoms with Crippen molar-refractivity contribution in [2.24, 2.45) is 10.9 Å². The highest BCUT2D eigenvalue weighted by atomic mass is 32.2. The topological polar surface area (TPSA) is 105 Å². The lowest BCUT2D eigenvalue weighted by atomic mass is 10.2. The summed E-state index contributed by atoms with van der Waals surface area (Å²) < 4.78 is 31.7. The molecule has 1 fully saturated rings. The number of sulfonamides is 1. The number of aliphatic imine (C=N–C) groups is 1. The molecule has 0 saturated heterocycles. The average molecular weight is 450 g/mol. The number of hydrogen-bond donors (Lipinski definition) is 1. The molecule has 1 amide bonds. The van der Waals surface area contributed by atoms with Crippen LogP contribution in [0.25, 0.3) is 0 Å². The van der Waals surface area contributed by atoms with Gasteiger partial charge in [0.05, 0.1) is 4.90 Å². The van der Waals surface area contributed by atoms with Crippen molar-refractivity contribution in [3.63, 3.8) is 0 Å². The van der Waals surface area contributed by atoms with Gasteiger partial charge in [0.2, 0.25) is 0 Å². The number of carbonyl (C=O) groups excluding carboxylic acids is 2. The summed E-state index contributed by atoms with van der Waals surface area (Å²) in [5.74, 6) is 0.511. The Bertz CT molecular complexity index is 925. The SMILES string of the molecule is CCCN(CC1CC1)C(=O)COC(=O)CCCCCN=C1NS(=O)(=O)c2ccccc21. The maximum absolute atomic E-state index is 12.3. The fourth-order valence-corrected chi connectivity index (χ4v) is 4.76. The first kappa shape index (κ1) is 23.2. The number of nitrogens with one attached hydrogen (secondary N) is 1. The highest BCUT2D eigenvalue weighted by molar-refractivity contribution is 7.90. The number of rotatable bonds is 12. The summed E-state index contributed by atoms with van der Waals surface area (Å²) in [7, 11) is -3.51. The van der Waals surface area contributed by atoms with Gasteiger partial charge in [-0.2, -0.15) is 0 Å². The number of unbranched alkanes of at least 4 members (excludes halogenated alkanes) is 2. The third kappa shape index (κ3) is 6.78. The number of benzene rings is 1. The van der Waals surface area contributed by atoms with E-state index in [1.54, 1.807) is 29.2 Å². The molecule has 1 saturated carbocycles. The maximum atomic E-state index is 12.3. The molecule has 31 heavy (non-hydrogen) atoms. The van der Waals surface area contributed by atoms with Crippen LogP contribution in [0.5, 0.6) is 0 Å². The van der Waals surface area contributed by atoms with E-state index in [4.69, 9.17) is 4.74 Å². The van der Waals surface area contributed by atoms with Crippen LogP contribution < -0.4 is 4.72 Å². The first-order valence-electron chi connectivity index (χ1n) is 11.0. The van der Waals surface area contributed by atoms with E-state index >= 15 is 0 Å². The maximum Gasteiger partial charge on any atom is 0.306 e. The molecule has 1 N–H and O–H groups in total. The third-order valence-electron chi connectivity index (χ3n) is 5.35. The van der Waals surface area contributed by atoms with Gasteiger partial charge in [-0.3, -0.25) is 19.3 Å². The van der Waals surface area contributed by atoms with Crippen molar-refractivity contribution < 1.29 is 22.7 Å². The van der Waals surface area contributed by atoms with Gasteiger partial charge in [0.15, 0.2) is 6.61 Å². The highest BCUT2D eigenvalue weighted by Crippen LogP contribution is 2.29. The van der Waals surface area contributed by atoms with Crippen molar-refractivity contribution in [3.8, 4) is 0 Å². The zero-order valence-corrected chi connectivity index (χ0v) is 18.8. The molecule has 0 bridgehead atoms. The summed E-state index contributed by atoms with van der Waals surface area (Å²) in [5, 5.41) is 0. The Labute approximate surface area is 184 Å². The molecule has 9 heteroatoms. The summed E-state index contributed by atoms with van der Waals surface area (Å²) in [6.45, 7) is 3.79. The Morgan fingerprint density at radius 2 is 1.97 bits per heavy atom. The second-order valence-corrected chi connectivity index (χ2v) is 9.74. The van der Waals surface area contributed by atoms with Gasteiger partial charge in [-0.15, -0.1) is 0 Å². The van der Waals surface area contributed by atoms with Crippen molar-refractivity contribution in [2.45, 2.75) is 56.8 Å². The van der Waals surface area contributed by atoms with E-state index < -0.39 is 10.0 Å². The minimum atomic E-state index is -3.51. The monoisotopic (exact) mass is 449 g/mol. The van der Waals surface area contributed by atoms with Crippen LogP contribution in [0, 0.1) is 5.92 Å². The van der Waals surface area contributed by atoms with Crippen molar-refractivity contribution in [1.82, 2.24) is 9.62 Å². The highest BCUT2D eigenvalue weighted by Gasteiger charge is 2.30. The van der Waals surface area contributed by atoms with Gasteiger partial charge < -0.3 is 9.64 Å². The minimum Gasteiger partial charge on any atom is -0.456 e. The number of fused-ring (bicyclic) bond motifs is 1. The number of hydrogen-bond acceptors (Lipinski definition) is 6. The molecule has 1 aromatic rings. The summed E-state index contributed by atoms with van der Waals surface area (Å²) >= 11 is 0. The van der Waals surface area contributed by atoms with Crippen LogP contribution in [-0.4, -0.2) is 57.3 Å². The average Bonchev–Trinajstić information content (AvgIpc) is 3.53. The van der Waals surface area contributed by atoms with Crippen LogP contribution in [0.4, 0.5) is 0 Å². The zero-order valence-electron chi connectivity index (χ0n) is 18.0. The molecular formula is C22H31N3O5S. The van der Waals surface area contributed by atoms with Gasteiger partial charge in [0.1, 0.15) is 5.84 Å². The lowest BCUT2D eigenvalue weighted by Crippen LogP contribution is -2.36. The van der Waals surface area contributed by atoms with E-state index in [0.29, 0.717) is 36.8 Å². The van der Waals surface area contributed by atoms with E-state index in [-0.39, 0.29) is 29.8 Å². The molecule has 170 valence electrons. The predicted molar refractivity (Wildman–Crippen MR) is 117 cm³/mol. The molecular weight excluding hydrogens is 418 g/mol. The van der Waals surface area contributed by atoms with E-state index in [0.717, 1.165) is 25.8 Å². The van der Waals surface area contributed by atoms with E-state index in [2.05, 4.69) is 9.71 Å². The Hall–Kier alpha value is -2.42. The first-order chi connectivity index (χ1) is 14.9. The molecule has 1 aliphatic carbocycles. The van der Waals surface area contributed by atoms with Crippen LogP contribution in [0.2, 0.25) is 0 Å². The van der Waals surface area contributed by atoms with Crippen LogP contribution in [-0.2, 0) is 24.3 Å². The van der Waals surface area contributed by atoms with Crippen molar-refractivity contribution in [2.75, 3.05) is 26.2 Å². The van der Waals surface area contributed by atoms with E-state index in [1.165, 1.54) is 12.8 Å². The predicted octanol–water partition coefficient (Wildman–Crippen LogP) is 2.48. The molecule has 2 aliphatic rings. The summed E-state index contributed by atoms with van der Waals surface area (Å²) in [6, 6.07) is 6.75. The van der Waals surface area contributed by atoms with Gasteiger partial charge in [-0.25, -0.2) is 8.42 Å². The Kier molecular flexibility index (Phi) is 8.06. The van der Waals surface area contributed by atoms with Gasteiger partial charge in [0, 0.05) is 31.6 Å². The fourth-order valence-electron chi connectivity index (χ4n) is 3.51. The van der Waals surface area contributed by atoms with E-state index in [9.17, 15) is 18.0 Å². The van der Waals surface area contributed by atoms with Crippen LogP contribution >= 0.6 is 0 Å². The number of carbonyl (C=O) groups is 2. The largest absolute Gasteiger partial charge is 0.456 e. The molecule has 8 nitrogen and oxygen atoms in total. The van der Waals surface area contributed by atoms with Crippen molar-refractivity contribution >= 4 is 27.7 Å². The number of nitrogens with zero attached hydrogens (tertiary/aromatic N) is 2. The Morgan fingerprint density at radius 1 is 1.19 bits per heavy atom. The second kappa shape index (κ2) is 10.7. The summed E-state index contributed by atoms with van der Waals surface area (Å²) in [6.07, 6.45) is 5.64. The van der Waals surface area contributed by atoms with Gasteiger partial charge >= 0.3 is 5.97 Å². The van der Waals surface area contributed by atoms with Crippen molar-refractivity contribution in [1.29, 1.82) is 0 Å². The molecule has 0 unspecified atom stereocenters.